The fourth-order valence-corrected chi connectivity index (χ4v) is 5.27. The van der Waals surface area contributed by atoms with Gasteiger partial charge in [0.2, 0.25) is 0 Å². The molecule has 0 unspecified atom stereocenters. The minimum absolute atomic E-state index is 0.136. The molecular formula is C19H28N4OS. The van der Waals surface area contributed by atoms with Gasteiger partial charge >= 0.3 is 0 Å². The van der Waals surface area contributed by atoms with Crippen molar-refractivity contribution in [2.75, 3.05) is 13.1 Å². The number of hydrogen-bond donors (Lipinski definition) is 1. The summed E-state index contributed by atoms with van der Waals surface area (Å²) in [7, 11) is 0. The fraction of sp³-hybridized carbons (Fsp3) is 0.737. The maximum atomic E-state index is 9.71. The number of nitrogens with zero attached hydrogens (tertiary/aromatic N) is 4. The van der Waals surface area contributed by atoms with Gasteiger partial charge in [-0.1, -0.05) is 31.1 Å². The highest BCUT2D eigenvalue weighted by Gasteiger charge is 2.25. The van der Waals surface area contributed by atoms with E-state index >= 15 is 0 Å². The van der Waals surface area contributed by atoms with Crippen LogP contribution in [-0.2, 0) is 6.54 Å². The number of aromatic nitrogens is 3. The molecule has 2 aromatic rings. The molecule has 0 atom stereocenters. The van der Waals surface area contributed by atoms with Crippen molar-refractivity contribution in [3.63, 3.8) is 0 Å². The highest BCUT2D eigenvalue weighted by Crippen LogP contribution is 2.38. The van der Waals surface area contributed by atoms with Gasteiger partial charge in [0.15, 0.2) is 0 Å². The van der Waals surface area contributed by atoms with Crippen molar-refractivity contribution >= 4 is 21.7 Å². The van der Waals surface area contributed by atoms with Gasteiger partial charge in [-0.2, -0.15) is 0 Å². The molecule has 1 saturated carbocycles. The SMILES string of the molecule is Cc1nc(CN2CCC(O)CC2)c2nc(C3CCC(C)CC3)sc2n1. The van der Waals surface area contributed by atoms with Gasteiger partial charge in [0.25, 0.3) is 0 Å². The van der Waals surface area contributed by atoms with Crippen molar-refractivity contribution in [1.29, 1.82) is 0 Å². The van der Waals surface area contributed by atoms with Crippen LogP contribution in [0.3, 0.4) is 0 Å². The summed E-state index contributed by atoms with van der Waals surface area (Å²) >= 11 is 1.78. The van der Waals surface area contributed by atoms with E-state index in [2.05, 4.69) is 16.8 Å². The van der Waals surface area contributed by atoms with Gasteiger partial charge in [0, 0.05) is 25.6 Å². The molecule has 0 spiro atoms. The maximum Gasteiger partial charge on any atom is 0.147 e. The van der Waals surface area contributed by atoms with Gasteiger partial charge in [-0.25, -0.2) is 15.0 Å². The van der Waals surface area contributed by atoms with Crippen LogP contribution >= 0.6 is 11.3 Å². The molecular weight excluding hydrogens is 332 g/mol. The molecule has 1 N–H and O–H groups in total. The van der Waals surface area contributed by atoms with Crippen LogP contribution in [0, 0.1) is 12.8 Å². The van der Waals surface area contributed by atoms with Crippen LogP contribution in [-0.4, -0.2) is 44.2 Å². The summed E-state index contributed by atoms with van der Waals surface area (Å²) in [5, 5.41) is 11.0. The number of thiazole rings is 1. The molecule has 0 amide bonds. The third-order valence-corrected chi connectivity index (χ3v) is 6.87. The molecule has 0 radical (unpaired) electrons. The topological polar surface area (TPSA) is 62.1 Å². The third-order valence-electron chi connectivity index (χ3n) is 5.75. The van der Waals surface area contributed by atoms with E-state index in [1.165, 1.54) is 30.7 Å². The van der Waals surface area contributed by atoms with E-state index in [1.807, 2.05) is 6.92 Å². The van der Waals surface area contributed by atoms with Crippen molar-refractivity contribution < 1.29 is 5.11 Å². The first-order chi connectivity index (χ1) is 12.1. The molecule has 1 aliphatic heterocycles. The van der Waals surface area contributed by atoms with Gasteiger partial charge < -0.3 is 5.11 Å². The lowest BCUT2D eigenvalue weighted by Crippen LogP contribution is -2.35. The zero-order valence-corrected chi connectivity index (χ0v) is 16.1. The van der Waals surface area contributed by atoms with E-state index < -0.39 is 0 Å². The smallest absolute Gasteiger partial charge is 0.147 e. The molecule has 6 heteroatoms. The van der Waals surface area contributed by atoms with Crippen LogP contribution in [0.25, 0.3) is 10.3 Å². The molecule has 2 aromatic heterocycles. The second kappa shape index (κ2) is 7.25. The summed E-state index contributed by atoms with van der Waals surface area (Å²) in [6.45, 7) is 7.02. The number of aliphatic hydroxyl groups excluding tert-OH is 1. The molecule has 2 fully saturated rings. The van der Waals surface area contributed by atoms with Crippen LogP contribution < -0.4 is 0 Å². The summed E-state index contributed by atoms with van der Waals surface area (Å²) in [5.74, 6) is 2.30. The minimum Gasteiger partial charge on any atom is -0.393 e. The number of likely N-dealkylation sites (tertiary alicyclic amines) is 1. The quantitative estimate of drug-likeness (QED) is 0.905. The van der Waals surface area contributed by atoms with Gasteiger partial charge in [-0.05, 0) is 38.5 Å². The first kappa shape index (κ1) is 17.3. The summed E-state index contributed by atoms with van der Waals surface area (Å²) in [4.78, 5) is 17.8. The molecule has 4 rings (SSSR count). The molecule has 3 heterocycles. The number of piperidine rings is 1. The van der Waals surface area contributed by atoms with Crippen molar-refractivity contribution in [1.82, 2.24) is 19.9 Å². The Kier molecular flexibility index (Phi) is 5.02. The predicted octanol–water partition coefficient (Wildman–Crippen LogP) is 3.65. The molecule has 2 aliphatic rings. The molecule has 136 valence electrons. The lowest BCUT2D eigenvalue weighted by molar-refractivity contribution is 0.0788. The normalized spacial score (nSPS) is 26.4. The lowest BCUT2D eigenvalue weighted by Gasteiger charge is -2.29. The molecule has 5 nitrogen and oxygen atoms in total. The van der Waals surface area contributed by atoms with E-state index in [-0.39, 0.29) is 6.10 Å². The summed E-state index contributed by atoms with van der Waals surface area (Å²) < 4.78 is 0. The molecule has 1 aliphatic carbocycles. The largest absolute Gasteiger partial charge is 0.393 e. The first-order valence-corrected chi connectivity index (χ1v) is 10.4. The Morgan fingerprint density at radius 2 is 1.76 bits per heavy atom. The van der Waals surface area contributed by atoms with Gasteiger partial charge in [-0.3, -0.25) is 4.90 Å². The maximum absolute atomic E-state index is 9.71. The van der Waals surface area contributed by atoms with E-state index in [4.69, 9.17) is 9.97 Å². The van der Waals surface area contributed by atoms with Gasteiger partial charge in [-0.15, -0.1) is 0 Å². The summed E-state index contributed by atoms with van der Waals surface area (Å²) in [6.07, 6.45) is 6.72. The molecule has 1 saturated heterocycles. The standard InChI is InChI=1S/C19H28N4OS/c1-12-3-5-14(6-4-12)18-22-17-16(20-13(2)21-19(17)25-18)11-23-9-7-15(24)8-10-23/h12,14-15,24H,3-11H2,1-2H3. The van der Waals surface area contributed by atoms with E-state index in [0.29, 0.717) is 5.92 Å². The average Bonchev–Trinajstić information content (AvgIpc) is 3.01. The van der Waals surface area contributed by atoms with Gasteiger partial charge in [0.05, 0.1) is 16.8 Å². The van der Waals surface area contributed by atoms with Crippen LogP contribution in [0.5, 0.6) is 0 Å². The van der Waals surface area contributed by atoms with Crippen molar-refractivity contribution in [2.24, 2.45) is 5.92 Å². The van der Waals surface area contributed by atoms with E-state index in [9.17, 15) is 5.11 Å². The first-order valence-electron chi connectivity index (χ1n) is 9.63. The number of hydrogen-bond acceptors (Lipinski definition) is 6. The second-order valence-electron chi connectivity index (χ2n) is 7.89. The Balaban J connectivity index is 1.58. The minimum atomic E-state index is -0.136. The Hall–Kier alpha value is -1.11. The van der Waals surface area contributed by atoms with Crippen LogP contribution in [0.4, 0.5) is 0 Å². The van der Waals surface area contributed by atoms with Crippen LogP contribution in [0.2, 0.25) is 0 Å². The fourth-order valence-electron chi connectivity index (χ4n) is 4.09. The highest BCUT2D eigenvalue weighted by molar-refractivity contribution is 7.18. The molecule has 0 bridgehead atoms. The van der Waals surface area contributed by atoms with Crippen LogP contribution in [0.15, 0.2) is 0 Å². The number of aryl methyl sites for hydroxylation is 1. The Morgan fingerprint density at radius 3 is 2.48 bits per heavy atom. The Morgan fingerprint density at radius 1 is 1.04 bits per heavy atom. The monoisotopic (exact) mass is 360 g/mol. The lowest BCUT2D eigenvalue weighted by atomic mass is 9.83. The molecule has 0 aromatic carbocycles. The predicted molar refractivity (Wildman–Crippen MR) is 101 cm³/mol. The third kappa shape index (κ3) is 3.86. The van der Waals surface area contributed by atoms with E-state index in [0.717, 1.165) is 60.3 Å². The Labute approximate surface area is 153 Å². The van der Waals surface area contributed by atoms with E-state index in [1.54, 1.807) is 11.3 Å². The van der Waals surface area contributed by atoms with Crippen LogP contribution in [0.1, 0.15) is 67.9 Å². The van der Waals surface area contributed by atoms with Crippen molar-refractivity contribution in [2.45, 2.75) is 70.9 Å². The van der Waals surface area contributed by atoms with Gasteiger partial charge in [0.1, 0.15) is 16.2 Å². The zero-order chi connectivity index (χ0) is 17.4. The highest BCUT2D eigenvalue weighted by atomic mass is 32.1. The molecule has 25 heavy (non-hydrogen) atoms. The zero-order valence-electron chi connectivity index (χ0n) is 15.2. The summed E-state index contributed by atoms with van der Waals surface area (Å²) in [6, 6.07) is 0. The van der Waals surface area contributed by atoms with Crippen molar-refractivity contribution in [3.8, 4) is 0 Å². The summed E-state index contributed by atoms with van der Waals surface area (Å²) in [5.41, 5.74) is 2.07. The average molecular weight is 361 g/mol. The number of aliphatic hydroxyl groups is 1. The number of fused-ring (bicyclic) bond motifs is 1. The van der Waals surface area contributed by atoms with Crippen molar-refractivity contribution in [3.05, 3.63) is 16.5 Å². The second-order valence-corrected chi connectivity index (χ2v) is 8.90. The number of rotatable bonds is 3. The Bertz CT molecular complexity index is 730.